The van der Waals surface area contributed by atoms with Crippen molar-refractivity contribution in [3.8, 4) is 5.75 Å². The summed E-state index contributed by atoms with van der Waals surface area (Å²) in [7, 11) is 0. The van der Waals surface area contributed by atoms with E-state index in [4.69, 9.17) is 5.73 Å². The molecule has 5 nitrogen and oxygen atoms in total. The fourth-order valence-corrected chi connectivity index (χ4v) is 2.70. The molecule has 0 atom stereocenters. The Hall–Kier alpha value is -2.18. The Balaban J connectivity index is 2.13. The van der Waals surface area contributed by atoms with Crippen LogP contribution in [0, 0.1) is 0 Å². The van der Waals surface area contributed by atoms with Crippen LogP contribution in [-0.4, -0.2) is 35.9 Å². The number of carbonyl (C=O) groups is 2. The van der Waals surface area contributed by atoms with Gasteiger partial charge < -0.3 is 15.4 Å². The van der Waals surface area contributed by atoms with Gasteiger partial charge in [0.15, 0.2) is 0 Å². The molecule has 1 saturated carbocycles. The Morgan fingerprint density at radius 3 is 2.32 bits per heavy atom. The molecular formula is C15H18F2N2O3. The minimum absolute atomic E-state index is 0.00279. The summed E-state index contributed by atoms with van der Waals surface area (Å²) in [5.74, 6) is -0.916. The van der Waals surface area contributed by atoms with Gasteiger partial charge in [-0.15, -0.1) is 0 Å². The molecule has 22 heavy (non-hydrogen) atoms. The van der Waals surface area contributed by atoms with Crippen LogP contribution >= 0.6 is 0 Å². The monoisotopic (exact) mass is 312 g/mol. The topological polar surface area (TPSA) is 72.6 Å². The first-order valence-electron chi connectivity index (χ1n) is 7.11. The third-order valence-electron chi connectivity index (χ3n) is 3.68. The normalized spacial score (nSPS) is 15.0. The molecule has 0 aromatic heterocycles. The first-order chi connectivity index (χ1) is 10.5. The second-order valence-electron chi connectivity index (χ2n) is 5.24. The van der Waals surface area contributed by atoms with E-state index in [9.17, 15) is 18.4 Å². The number of hydrogen-bond donors (Lipinski definition) is 1. The van der Waals surface area contributed by atoms with Crippen molar-refractivity contribution >= 4 is 11.8 Å². The van der Waals surface area contributed by atoms with Crippen LogP contribution in [0.25, 0.3) is 0 Å². The number of carbonyl (C=O) groups excluding carboxylic acids is 2. The van der Waals surface area contributed by atoms with Gasteiger partial charge in [0.2, 0.25) is 5.91 Å². The number of halogens is 2. The molecule has 7 heteroatoms. The Morgan fingerprint density at radius 2 is 1.82 bits per heavy atom. The van der Waals surface area contributed by atoms with Crippen LogP contribution in [0.4, 0.5) is 8.78 Å². The summed E-state index contributed by atoms with van der Waals surface area (Å²) < 4.78 is 28.5. The number of ether oxygens (including phenoxy) is 1. The molecule has 0 unspecified atom stereocenters. The van der Waals surface area contributed by atoms with Crippen molar-refractivity contribution in [3.63, 3.8) is 0 Å². The number of alkyl halides is 2. The zero-order valence-corrected chi connectivity index (χ0v) is 12.0. The van der Waals surface area contributed by atoms with Crippen LogP contribution in [0.3, 0.4) is 0 Å². The maximum absolute atomic E-state index is 12.5. The molecule has 0 heterocycles. The minimum Gasteiger partial charge on any atom is -0.435 e. The molecule has 2 N–H and O–H groups in total. The van der Waals surface area contributed by atoms with E-state index in [1.54, 1.807) is 0 Å². The van der Waals surface area contributed by atoms with Crippen molar-refractivity contribution in [1.29, 1.82) is 0 Å². The Bertz CT molecular complexity index is 528. The largest absolute Gasteiger partial charge is 0.435 e. The molecule has 2 rings (SSSR count). The van der Waals surface area contributed by atoms with E-state index in [1.807, 2.05) is 0 Å². The van der Waals surface area contributed by atoms with Gasteiger partial charge in [-0.05, 0) is 37.1 Å². The standard InChI is InChI=1S/C15H18F2N2O3/c16-15(17)22-12-7-5-10(6-8-12)14(21)19(9-13(18)20)11-3-1-2-4-11/h5-8,11,15H,1-4,9H2,(H2,18,20). The first-order valence-corrected chi connectivity index (χ1v) is 7.11. The number of benzene rings is 1. The summed E-state index contributed by atoms with van der Waals surface area (Å²) in [6.07, 6.45) is 3.69. The van der Waals surface area contributed by atoms with E-state index in [2.05, 4.69) is 4.74 Å². The minimum atomic E-state index is -2.91. The molecule has 120 valence electrons. The second-order valence-corrected chi connectivity index (χ2v) is 5.24. The molecular weight excluding hydrogens is 294 g/mol. The molecule has 1 aliphatic rings. The summed E-state index contributed by atoms with van der Waals surface area (Å²) in [5, 5.41) is 0. The van der Waals surface area contributed by atoms with E-state index in [1.165, 1.54) is 29.2 Å². The third kappa shape index (κ3) is 4.16. The molecule has 2 amide bonds. The summed E-state index contributed by atoms with van der Waals surface area (Å²) in [5.41, 5.74) is 5.53. The fourth-order valence-electron chi connectivity index (χ4n) is 2.70. The van der Waals surface area contributed by atoms with Gasteiger partial charge in [0, 0.05) is 11.6 Å². The lowest BCUT2D eigenvalue weighted by Gasteiger charge is -2.27. The van der Waals surface area contributed by atoms with Crippen molar-refractivity contribution in [1.82, 2.24) is 4.90 Å². The van der Waals surface area contributed by atoms with Crippen LogP contribution in [0.1, 0.15) is 36.0 Å². The van der Waals surface area contributed by atoms with Crippen LogP contribution in [0.2, 0.25) is 0 Å². The van der Waals surface area contributed by atoms with Gasteiger partial charge in [-0.25, -0.2) is 0 Å². The molecule has 1 fully saturated rings. The molecule has 0 aliphatic heterocycles. The first kappa shape index (κ1) is 16.2. The van der Waals surface area contributed by atoms with Crippen LogP contribution in [0.15, 0.2) is 24.3 Å². The third-order valence-corrected chi connectivity index (χ3v) is 3.68. The van der Waals surface area contributed by atoms with Gasteiger partial charge in [-0.3, -0.25) is 9.59 Å². The van der Waals surface area contributed by atoms with Gasteiger partial charge >= 0.3 is 6.61 Å². The molecule has 0 radical (unpaired) electrons. The van der Waals surface area contributed by atoms with Crippen molar-refractivity contribution < 1.29 is 23.1 Å². The lowest BCUT2D eigenvalue weighted by molar-refractivity contribution is -0.119. The van der Waals surface area contributed by atoms with Crippen molar-refractivity contribution in [2.75, 3.05) is 6.54 Å². The van der Waals surface area contributed by atoms with Crippen molar-refractivity contribution in [2.24, 2.45) is 5.73 Å². The van der Waals surface area contributed by atoms with Crippen LogP contribution in [-0.2, 0) is 4.79 Å². The van der Waals surface area contributed by atoms with Crippen molar-refractivity contribution in [3.05, 3.63) is 29.8 Å². The maximum Gasteiger partial charge on any atom is 0.387 e. The van der Waals surface area contributed by atoms with E-state index >= 15 is 0 Å². The molecule has 0 bridgehead atoms. The number of primary amides is 1. The molecule has 0 saturated heterocycles. The highest BCUT2D eigenvalue weighted by molar-refractivity contribution is 5.96. The Morgan fingerprint density at radius 1 is 1.23 bits per heavy atom. The number of rotatable bonds is 6. The van der Waals surface area contributed by atoms with E-state index in [0.717, 1.165) is 25.7 Å². The maximum atomic E-state index is 12.5. The highest BCUT2D eigenvalue weighted by Crippen LogP contribution is 2.25. The zero-order chi connectivity index (χ0) is 16.1. The van der Waals surface area contributed by atoms with E-state index in [-0.39, 0.29) is 24.2 Å². The lowest BCUT2D eigenvalue weighted by atomic mass is 10.1. The molecule has 1 aromatic rings. The Kier molecular flexibility index (Phi) is 5.30. The smallest absolute Gasteiger partial charge is 0.387 e. The average Bonchev–Trinajstić information content (AvgIpc) is 2.98. The molecule has 1 aliphatic carbocycles. The van der Waals surface area contributed by atoms with Crippen LogP contribution in [0.5, 0.6) is 5.75 Å². The number of nitrogens with two attached hydrogens (primary N) is 1. The predicted molar refractivity (Wildman–Crippen MR) is 75.6 cm³/mol. The van der Waals surface area contributed by atoms with Gasteiger partial charge in [-0.1, -0.05) is 12.8 Å². The summed E-state index contributed by atoms with van der Waals surface area (Å²) in [6.45, 7) is -3.05. The Labute approximate surface area is 127 Å². The fraction of sp³-hybridized carbons (Fsp3) is 0.467. The number of amides is 2. The highest BCUT2D eigenvalue weighted by atomic mass is 19.3. The van der Waals surface area contributed by atoms with Gasteiger partial charge in [-0.2, -0.15) is 8.78 Å². The molecule has 1 aromatic carbocycles. The van der Waals surface area contributed by atoms with E-state index < -0.39 is 12.5 Å². The predicted octanol–water partition coefficient (Wildman–Crippen LogP) is 2.16. The summed E-state index contributed by atoms with van der Waals surface area (Å²) >= 11 is 0. The highest BCUT2D eigenvalue weighted by Gasteiger charge is 2.28. The van der Waals surface area contributed by atoms with Gasteiger partial charge in [0.05, 0.1) is 6.54 Å². The van der Waals surface area contributed by atoms with Gasteiger partial charge in [0.25, 0.3) is 5.91 Å². The quantitative estimate of drug-likeness (QED) is 0.875. The second kappa shape index (κ2) is 7.20. The lowest BCUT2D eigenvalue weighted by Crippen LogP contribution is -2.44. The zero-order valence-electron chi connectivity index (χ0n) is 12.0. The average molecular weight is 312 g/mol. The van der Waals surface area contributed by atoms with Gasteiger partial charge in [0.1, 0.15) is 5.75 Å². The SMILES string of the molecule is NC(=O)CN(C(=O)c1ccc(OC(F)F)cc1)C1CCCC1. The summed E-state index contributed by atoms with van der Waals surface area (Å²) in [4.78, 5) is 25.2. The molecule has 0 spiro atoms. The van der Waals surface area contributed by atoms with E-state index in [0.29, 0.717) is 5.56 Å². The number of nitrogens with zero attached hydrogens (tertiary/aromatic N) is 1. The van der Waals surface area contributed by atoms with Crippen LogP contribution < -0.4 is 10.5 Å². The van der Waals surface area contributed by atoms with Crippen molar-refractivity contribution in [2.45, 2.75) is 38.3 Å². The number of hydrogen-bond acceptors (Lipinski definition) is 3. The summed E-state index contributed by atoms with van der Waals surface area (Å²) in [6, 6.07) is 5.41.